The Morgan fingerprint density at radius 2 is 1.00 bits per heavy atom. The van der Waals surface area contributed by atoms with Crippen LogP contribution in [-0.4, -0.2) is 6.71 Å². The van der Waals surface area contributed by atoms with Crippen LogP contribution in [0.5, 0.6) is 11.5 Å². The number of hydrogen-bond donors (Lipinski definition) is 0. The molecule has 11 rings (SSSR count). The van der Waals surface area contributed by atoms with Gasteiger partial charge in [-0.25, -0.2) is 0 Å². The second-order valence-corrected chi connectivity index (χ2v) is 17.2. The second-order valence-electron chi connectivity index (χ2n) is 17.2. The van der Waals surface area contributed by atoms with Gasteiger partial charge in [0.1, 0.15) is 17.1 Å². The van der Waals surface area contributed by atoms with Gasteiger partial charge in [-0.1, -0.05) is 177 Å². The smallest absolute Gasteiger partial charge is 0.243 e. The van der Waals surface area contributed by atoms with E-state index in [0.29, 0.717) is 0 Å². The summed E-state index contributed by atoms with van der Waals surface area (Å²) in [4.78, 5) is 2.29. The number of fused-ring (bicyclic) bond motifs is 5. The highest BCUT2D eigenvalue weighted by atomic mass is 16.5. The molecule has 0 saturated heterocycles. The average Bonchev–Trinajstić information content (AvgIpc) is 3.66. The van der Waals surface area contributed by atoms with Crippen LogP contribution in [0.15, 0.2) is 174 Å². The maximum atomic E-state index is 7.03. The molecule has 4 heteroatoms. The number of anilines is 3. The van der Waals surface area contributed by atoms with E-state index < -0.39 is 0 Å². The molecule has 1 aromatic heterocycles. The summed E-state index contributed by atoms with van der Waals surface area (Å²) in [6.45, 7) is 13.6. The first-order valence-corrected chi connectivity index (χ1v) is 21.6. The molecule has 62 heavy (non-hydrogen) atoms. The van der Waals surface area contributed by atoms with E-state index in [1.807, 2.05) is 6.07 Å². The highest BCUT2D eigenvalue weighted by Crippen LogP contribution is 2.50. The summed E-state index contributed by atoms with van der Waals surface area (Å²) in [6.07, 6.45) is 0. The number of para-hydroxylation sites is 3. The van der Waals surface area contributed by atoms with E-state index in [0.717, 1.165) is 72.6 Å². The summed E-state index contributed by atoms with van der Waals surface area (Å²) in [5.74, 6) is 1.70. The van der Waals surface area contributed by atoms with Crippen molar-refractivity contribution in [3.8, 4) is 33.8 Å². The van der Waals surface area contributed by atoms with Crippen molar-refractivity contribution < 1.29 is 9.15 Å². The molecule has 0 N–H and O–H groups in total. The SMILES string of the molecule is Cc1cc(C)c(B(c2c(C)cc(C)cc2C)c2ccc3c4c(cccc24)Oc2cc(N(c4ccccc4)c4cccc5c4oc4c(-c6ccccc6)cccc45)ccc2-3)c(C)c1. The molecule has 0 saturated carbocycles. The molecule has 0 bridgehead atoms. The maximum absolute atomic E-state index is 7.03. The molecule has 0 aliphatic carbocycles. The van der Waals surface area contributed by atoms with Crippen molar-refractivity contribution in [3.05, 3.63) is 203 Å². The van der Waals surface area contributed by atoms with Crippen LogP contribution >= 0.6 is 0 Å². The van der Waals surface area contributed by atoms with Crippen molar-refractivity contribution in [2.24, 2.45) is 0 Å². The first kappa shape index (κ1) is 37.7. The molecule has 1 aliphatic rings. The fourth-order valence-electron chi connectivity index (χ4n) is 10.6. The van der Waals surface area contributed by atoms with Crippen LogP contribution in [0.1, 0.15) is 33.4 Å². The molecule has 298 valence electrons. The van der Waals surface area contributed by atoms with Crippen molar-refractivity contribution in [2.75, 3.05) is 4.90 Å². The molecule has 10 aromatic rings. The lowest BCUT2D eigenvalue weighted by molar-refractivity contribution is 0.487. The normalized spacial score (nSPS) is 11.8. The average molecular weight is 800 g/mol. The van der Waals surface area contributed by atoms with Crippen LogP contribution in [0, 0.1) is 41.5 Å². The Balaban J connectivity index is 1.08. The van der Waals surface area contributed by atoms with Gasteiger partial charge in [0.25, 0.3) is 0 Å². The summed E-state index contributed by atoms with van der Waals surface area (Å²) in [6, 6.07) is 61.2. The zero-order valence-corrected chi connectivity index (χ0v) is 36.0. The summed E-state index contributed by atoms with van der Waals surface area (Å²) in [7, 11) is 0. The Morgan fingerprint density at radius 1 is 0.419 bits per heavy atom. The van der Waals surface area contributed by atoms with Crippen molar-refractivity contribution in [1.82, 2.24) is 0 Å². The summed E-state index contributed by atoms with van der Waals surface area (Å²) < 4.78 is 14.0. The number of benzene rings is 9. The lowest BCUT2D eigenvalue weighted by atomic mass is 9.33. The van der Waals surface area contributed by atoms with E-state index in [4.69, 9.17) is 9.15 Å². The largest absolute Gasteiger partial charge is 0.456 e. The predicted molar refractivity (Wildman–Crippen MR) is 263 cm³/mol. The number of rotatable bonds is 7. The molecule has 0 radical (unpaired) electrons. The summed E-state index contributed by atoms with van der Waals surface area (Å²) >= 11 is 0. The molecule has 0 atom stereocenters. The van der Waals surface area contributed by atoms with Gasteiger partial charge in [0.15, 0.2) is 5.58 Å². The van der Waals surface area contributed by atoms with Gasteiger partial charge in [0.2, 0.25) is 6.71 Å². The van der Waals surface area contributed by atoms with E-state index in [1.165, 1.54) is 60.7 Å². The molecule has 0 fully saturated rings. The van der Waals surface area contributed by atoms with Crippen molar-refractivity contribution in [1.29, 1.82) is 0 Å². The van der Waals surface area contributed by atoms with Gasteiger partial charge in [-0.15, -0.1) is 0 Å². The predicted octanol–water partition coefficient (Wildman–Crippen LogP) is 14.0. The molecule has 0 amide bonds. The number of hydrogen-bond acceptors (Lipinski definition) is 3. The Labute approximate surface area is 363 Å². The third-order valence-electron chi connectivity index (χ3n) is 13.0. The molecule has 3 nitrogen and oxygen atoms in total. The highest BCUT2D eigenvalue weighted by Gasteiger charge is 2.32. The van der Waals surface area contributed by atoms with Gasteiger partial charge < -0.3 is 14.1 Å². The standard InChI is InChI=1S/C58H46BNO2/c1-35-30-37(3)55(38(4)31-35)59(56-39(5)32-36(2)33-40(56)6)50-29-28-46-45-27-26-43(34-53(45)61-52-25-15-23-49(50)54(46)52)60(42-18-11-8-12-19-42)51-24-14-22-48-47-21-13-20-44(57(47)62-58(48)51)41-16-9-7-10-17-41/h7-34H,1-6H3. The van der Waals surface area contributed by atoms with E-state index in [9.17, 15) is 0 Å². The Kier molecular flexibility index (Phi) is 8.94. The minimum Gasteiger partial charge on any atom is -0.456 e. The van der Waals surface area contributed by atoms with Crippen LogP contribution in [0.3, 0.4) is 0 Å². The minimum atomic E-state index is 0.0495. The third kappa shape index (κ3) is 6.04. The van der Waals surface area contributed by atoms with Crippen LogP contribution < -0.4 is 26.0 Å². The molecule has 0 spiro atoms. The molecule has 2 heterocycles. The monoisotopic (exact) mass is 799 g/mol. The minimum absolute atomic E-state index is 0.0495. The van der Waals surface area contributed by atoms with Crippen LogP contribution in [0.2, 0.25) is 0 Å². The van der Waals surface area contributed by atoms with Crippen molar-refractivity contribution in [3.63, 3.8) is 0 Å². The Hall–Kier alpha value is -7.30. The van der Waals surface area contributed by atoms with Gasteiger partial charge in [-0.2, -0.15) is 0 Å². The quantitative estimate of drug-likeness (QED) is 0.150. The third-order valence-corrected chi connectivity index (χ3v) is 13.0. The van der Waals surface area contributed by atoms with E-state index in [2.05, 4.69) is 210 Å². The number of nitrogens with zero attached hydrogens (tertiary/aromatic N) is 1. The summed E-state index contributed by atoms with van der Waals surface area (Å²) in [5.41, 5.74) is 21.1. The van der Waals surface area contributed by atoms with E-state index in [1.54, 1.807) is 0 Å². The van der Waals surface area contributed by atoms with Crippen LogP contribution in [-0.2, 0) is 0 Å². The van der Waals surface area contributed by atoms with Gasteiger partial charge in [-0.05, 0) is 94.5 Å². The highest BCUT2D eigenvalue weighted by molar-refractivity contribution is 6.98. The fraction of sp³-hybridized carbons (Fsp3) is 0.103. The molecule has 1 aliphatic heterocycles. The summed E-state index contributed by atoms with van der Waals surface area (Å²) in [5, 5.41) is 4.54. The van der Waals surface area contributed by atoms with Crippen LogP contribution in [0.25, 0.3) is 55.0 Å². The van der Waals surface area contributed by atoms with Gasteiger partial charge in [0, 0.05) is 39.0 Å². The zero-order valence-electron chi connectivity index (χ0n) is 36.0. The first-order chi connectivity index (χ1) is 30.2. The molecule has 0 unspecified atom stereocenters. The first-order valence-electron chi connectivity index (χ1n) is 21.6. The number of ether oxygens (including phenoxy) is 1. The van der Waals surface area contributed by atoms with E-state index in [-0.39, 0.29) is 6.71 Å². The fourth-order valence-corrected chi connectivity index (χ4v) is 10.6. The van der Waals surface area contributed by atoms with Crippen LogP contribution in [0.4, 0.5) is 17.1 Å². The van der Waals surface area contributed by atoms with Crippen molar-refractivity contribution >= 4 is 72.9 Å². The van der Waals surface area contributed by atoms with E-state index >= 15 is 0 Å². The molecular weight excluding hydrogens is 753 g/mol. The molecule has 9 aromatic carbocycles. The second kappa shape index (κ2) is 14.7. The topological polar surface area (TPSA) is 25.6 Å². The Morgan fingerprint density at radius 3 is 1.68 bits per heavy atom. The zero-order chi connectivity index (χ0) is 42.2. The number of furan rings is 1. The lowest BCUT2D eigenvalue weighted by Gasteiger charge is -2.29. The maximum Gasteiger partial charge on any atom is 0.243 e. The lowest BCUT2D eigenvalue weighted by Crippen LogP contribution is -2.56. The molecular formula is C58H46BNO2. The van der Waals surface area contributed by atoms with Gasteiger partial charge >= 0.3 is 0 Å². The Bertz CT molecular complexity index is 3300. The van der Waals surface area contributed by atoms with Gasteiger partial charge in [-0.3, -0.25) is 0 Å². The van der Waals surface area contributed by atoms with Crippen molar-refractivity contribution in [2.45, 2.75) is 41.5 Å². The van der Waals surface area contributed by atoms with Gasteiger partial charge in [0.05, 0.1) is 11.4 Å². The number of aryl methyl sites for hydroxylation is 6.